The van der Waals surface area contributed by atoms with E-state index in [-0.39, 0.29) is 24.8 Å². The van der Waals surface area contributed by atoms with Gasteiger partial charge in [-0.25, -0.2) is 4.79 Å². The van der Waals surface area contributed by atoms with Gasteiger partial charge in [0.05, 0.1) is 30.9 Å². The van der Waals surface area contributed by atoms with Crippen molar-refractivity contribution in [1.82, 2.24) is 0 Å². The highest BCUT2D eigenvalue weighted by Crippen LogP contribution is 2.33. The minimum atomic E-state index is -0.679. The number of nitrogens with one attached hydrogen (secondary N) is 1. The maximum absolute atomic E-state index is 12.4. The minimum absolute atomic E-state index is 0.00707. The molecule has 1 saturated heterocycles. The van der Waals surface area contributed by atoms with E-state index in [2.05, 4.69) is 5.32 Å². The number of esters is 2. The summed E-state index contributed by atoms with van der Waals surface area (Å²) in [6.45, 7) is 3.87. The first kappa shape index (κ1) is 24.8. The number of carbonyl (C=O) groups excluding carboxylic acids is 4. The second-order valence-electron chi connectivity index (χ2n) is 8.30. The molecule has 2 aromatic rings. The summed E-state index contributed by atoms with van der Waals surface area (Å²) in [6.07, 6.45) is -0.00707. The lowest BCUT2D eigenvalue weighted by Crippen LogP contribution is -2.28. The molecule has 1 N–H and O–H groups in total. The van der Waals surface area contributed by atoms with Gasteiger partial charge in [-0.1, -0.05) is 26.0 Å². The van der Waals surface area contributed by atoms with Crippen LogP contribution in [-0.2, 0) is 23.9 Å². The number of hydrogen-bond donors (Lipinski definition) is 1. The molecule has 1 aliphatic rings. The second kappa shape index (κ2) is 11.3. The number of carbonyl (C=O) groups is 4. The van der Waals surface area contributed by atoms with Gasteiger partial charge in [-0.3, -0.25) is 14.4 Å². The quantitative estimate of drug-likeness (QED) is 0.563. The average molecular weight is 469 g/mol. The smallest absolute Gasteiger partial charge is 0.338 e. The molecule has 1 fully saturated rings. The Kier molecular flexibility index (Phi) is 8.24. The van der Waals surface area contributed by atoms with Gasteiger partial charge in [0.25, 0.3) is 5.91 Å². The van der Waals surface area contributed by atoms with E-state index in [0.29, 0.717) is 29.3 Å². The predicted octanol–water partition coefficient (Wildman–Crippen LogP) is 3.04. The second-order valence-corrected chi connectivity index (χ2v) is 8.30. The Morgan fingerprint density at radius 2 is 1.76 bits per heavy atom. The maximum atomic E-state index is 12.4. The van der Waals surface area contributed by atoms with Crippen LogP contribution in [0, 0.1) is 11.8 Å². The third-order valence-corrected chi connectivity index (χ3v) is 5.13. The largest absolute Gasteiger partial charge is 0.495 e. The molecule has 9 heteroatoms. The molecule has 0 bridgehead atoms. The Hall–Kier alpha value is -3.88. The van der Waals surface area contributed by atoms with E-state index in [1.165, 1.54) is 12.0 Å². The number of benzene rings is 2. The lowest BCUT2D eigenvalue weighted by atomic mass is 10.1. The van der Waals surface area contributed by atoms with Crippen LogP contribution in [0.2, 0.25) is 0 Å². The van der Waals surface area contributed by atoms with Gasteiger partial charge in [0, 0.05) is 18.7 Å². The molecule has 34 heavy (non-hydrogen) atoms. The molecule has 1 heterocycles. The Labute approximate surface area is 198 Å². The predicted molar refractivity (Wildman–Crippen MR) is 125 cm³/mol. The van der Waals surface area contributed by atoms with Gasteiger partial charge in [0.1, 0.15) is 5.75 Å². The van der Waals surface area contributed by atoms with Crippen LogP contribution in [0.5, 0.6) is 5.75 Å². The van der Waals surface area contributed by atoms with Gasteiger partial charge in [0.15, 0.2) is 6.61 Å². The van der Waals surface area contributed by atoms with Gasteiger partial charge < -0.3 is 24.4 Å². The molecule has 0 aliphatic carbocycles. The molecule has 0 radical (unpaired) electrons. The van der Waals surface area contributed by atoms with Crippen molar-refractivity contribution >= 4 is 35.1 Å². The first-order valence-electron chi connectivity index (χ1n) is 11.0. The summed E-state index contributed by atoms with van der Waals surface area (Å²) in [5, 5.41) is 2.60. The zero-order valence-corrected chi connectivity index (χ0v) is 19.4. The number of rotatable bonds is 9. The van der Waals surface area contributed by atoms with Gasteiger partial charge >= 0.3 is 11.9 Å². The van der Waals surface area contributed by atoms with Crippen molar-refractivity contribution in [2.75, 3.05) is 37.1 Å². The molecule has 3 rings (SSSR count). The molecule has 0 spiro atoms. The van der Waals surface area contributed by atoms with E-state index in [9.17, 15) is 19.2 Å². The van der Waals surface area contributed by atoms with Crippen molar-refractivity contribution in [3.8, 4) is 5.75 Å². The molecule has 1 aliphatic heterocycles. The summed E-state index contributed by atoms with van der Waals surface area (Å²) >= 11 is 0. The third-order valence-electron chi connectivity index (χ3n) is 5.13. The first-order valence-corrected chi connectivity index (χ1v) is 11.0. The molecule has 0 unspecified atom stereocenters. The molecule has 180 valence electrons. The maximum Gasteiger partial charge on any atom is 0.338 e. The van der Waals surface area contributed by atoms with Crippen molar-refractivity contribution in [3.05, 3.63) is 54.1 Å². The molecule has 2 amide bonds. The third kappa shape index (κ3) is 6.34. The van der Waals surface area contributed by atoms with Crippen LogP contribution in [0.3, 0.4) is 0 Å². The molecule has 0 aromatic heterocycles. The highest BCUT2D eigenvalue weighted by molar-refractivity contribution is 6.01. The molecule has 9 nitrogen and oxygen atoms in total. The normalized spacial score (nSPS) is 15.2. The van der Waals surface area contributed by atoms with Gasteiger partial charge in [-0.2, -0.15) is 0 Å². The minimum Gasteiger partial charge on any atom is -0.495 e. The monoisotopic (exact) mass is 468 g/mol. The van der Waals surface area contributed by atoms with E-state index < -0.39 is 30.4 Å². The highest BCUT2D eigenvalue weighted by atomic mass is 16.5. The summed E-state index contributed by atoms with van der Waals surface area (Å²) in [5.74, 6) is -1.73. The fourth-order valence-electron chi connectivity index (χ4n) is 3.42. The summed E-state index contributed by atoms with van der Waals surface area (Å²) in [6, 6.07) is 13.3. The van der Waals surface area contributed by atoms with Crippen LogP contribution in [0.25, 0.3) is 0 Å². The molecule has 0 saturated carbocycles. The number of amides is 2. The van der Waals surface area contributed by atoms with Crippen molar-refractivity contribution in [3.63, 3.8) is 0 Å². The van der Waals surface area contributed by atoms with E-state index in [0.717, 1.165) is 0 Å². The Balaban J connectivity index is 1.48. The van der Waals surface area contributed by atoms with Crippen molar-refractivity contribution < 1.29 is 33.4 Å². The van der Waals surface area contributed by atoms with E-state index in [1.807, 2.05) is 13.8 Å². The van der Waals surface area contributed by atoms with Crippen LogP contribution < -0.4 is 15.0 Å². The van der Waals surface area contributed by atoms with E-state index in [1.54, 1.807) is 48.5 Å². The summed E-state index contributed by atoms with van der Waals surface area (Å²) in [7, 11) is 1.51. The number of nitrogens with zero attached hydrogens (tertiary/aromatic N) is 1. The lowest BCUT2D eigenvalue weighted by molar-refractivity contribution is -0.151. The Morgan fingerprint density at radius 1 is 1.06 bits per heavy atom. The number of anilines is 2. The molecular formula is C25H28N2O7. The van der Waals surface area contributed by atoms with Crippen molar-refractivity contribution in [2.45, 2.75) is 20.3 Å². The van der Waals surface area contributed by atoms with Gasteiger partial charge in [-0.05, 0) is 42.3 Å². The van der Waals surface area contributed by atoms with Crippen LogP contribution in [0.4, 0.5) is 11.4 Å². The summed E-state index contributed by atoms with van der Waals surface area (Å²) < 4.78 is 15.6. The topological polar surface area (TPSA) is 111 Å². The molecule has 2 aromatic carbocycles. The average Bonchev–Trinajstić information content (AvgIpc) is 3.22. The molecule has 1 atom stereocenters. The SMILES string of the molecule is COc1ccccc1N1C[C@@H](C(=O)OCC(=O)Nc2ccc(C(=O)OCC(C)C)cc2)CC1=O. The highest BCUT2D eigenvalue weighted by Gasteiger charge is 2.37. The lowest BCUT2D eigenvalue weighted by Gasteiger charge is -2.19. The van der Waals surface area contributed by atoms with Gasteiger partial charge in [0.2, 0.25) is 5.91 Å². The number of methoxy groups -OCH3 is 1. The Morgan fingerprint density at radius 3 is 2.44 bits per heavy atom. The van der Waals surface area contributed by atoms with E-state index >= 15 is 0 Å². The van der Waals surface area contributed by atoms with Crippen molar-refractivity contribution in [2.24, 2.45) is 11.8 Å². The standard InChI is InChI=1S/C25H28N2O7/c1-16(2)14-33-24(30)17-8-10-19(11-9-17)26-22(28)15-34-25(31)18-12-23(29)27(13-18)20-6-4-5-7-21(20)32-3/h4-11,16,18H,12-15H2,1-3H3,(H,26,28)/t18-/m0/s1. The fourth-order valence-corrected chi connectivity index (χ4v) is 3.42. The summed E-state index contributed by atoms with van der Waals surface area (Å²) in [4.78, 5) is 50.5. The summed E-state index contributed by atoms with van der Waals surface area (Å²) in [5.41, 5.74) is 1.40. The van der Waals surface area contributed by atoms with Crippen molar-refractivity contribution in [1.29, 1.82) is 0 Å². The fraction of sp³-hybridized carbons (Fsp3) is 0.360. The first-order chi connectivity index (χ1) is 16.3. The van der Waals surface area contributed by atoms with Crippen LogP contribution in [-0.4, -0.2) is 50.6 Å². The number of para-hydroxylation sites is 2. The van der Waals surface area contributed by atoms with Crippen LogP contribution in [0.15, 0.2) is 48.5 Å². The zero-order chi connectivity index (χ0) is 24.7. The number of hydrogen-bond acceptors (Lipinski definition) is 7. The van der Waals surface area contributed by atoms with Crippen LogP contribution >= 0.6 is 0 Å². The Bertz CT molecular complexity index is 1050. The number of ether oxygens (including phenoxy) is 3. The van der Waals surface area contributed by atoms with E-state index in [4.69, 9.17) is 14.2 Å². The van der Waals surface area contributed by atoms with Gasteiger partial charge in [-0.15, -0.1) is 0 Å². The van der Waals surface area contributed by atoms with Crippen LogP contribution in [0.1, 0.15) is 30.6 Å². The zero-order valence-electron chi connectivity index (χ0n) is 19.4. The molecular weight excluding hydrogens is 440 g/mol.